The van der Waals surface area contributed by atoms with Crippen molar-refractivity contribution in [3.05, 3.63) is 0 Å². The van der Waals surface area contributed by atoms with Gasteiger partial charge in [-0.3, -0.25) is 0 Å². The molecule has 126 valence electrons. The molecule has 0 aromatic carbocycles. The zero-order valence-electron chi connectivity index (χ0n) is 12.9. The molecule has 1 aliphatic carbocycles. The van der Waals surface area contributed by atoms with Crippen LogP contribution >= 0.6 is 0 Å². The van der Waals surface area contributed by atoms with Gasteiger partial charge in [0.25, 0.3) is 0 Å². The first-order valence-corrected chi connectivity index (χ1v) is 7.87. The summed E-state index contributed by atoms with van der Waals surface area (Å²) in [6.45, 7) is 1.50. The first-order chi connectivity index (χ1) is 10.0. The minimum absolute atomic E-state index is 0.195. The molecule has 21 heavy (non-hydrogen) atoms. The normalized spacial score (nSPS) is 18.3. The lowest BCUT2D eigenvalue weighted by atomic mass is 9.87. The van der Waals surface area contributed by atoms with Crippen molar-refractivity contribution >= 4 is 0 Å². The predicted octanol–water partition coefficient (Wildman–Crippen LogP) is 3.39. The molecule has 1 atom stereocenters. The molecule has 0 aromatic heterocycles. The Hall–Kier alpha value is -0.330. The fraction of sp³-hybridized carbons (Fsp3) is 1.00. The number of ether oxygens (including phenoxy) is 2. The van der Waals surface area contributed by atoms with Crippen molar-refractivity contribution in [2.45, 2.75) is 44.7 Å². The Kier molecular flexibility index (Phi) is 9.27. The number of rotatable bonds is 11. The van der Waals surface area contributed by atoms with E-state index in [1.54, 1.807) is 7.11 Å². The summed E-state index contributed by atoms with van der Waals surface area (Å²) < 4.78 is 45.6. The first-order valence-electron chi connectivity index (χ1n) is 7.87. The molecule has 0 aromatic rings. The fourth-order valence-corrected chi connectivity index (χ4v) is 3.03. The highest BCUT2D eigenvalue weighted by Crippen LogP contribution is 2.33. The van der Waals surface area contributed by atoms with E-state index in [1.165, 1.54) is 25.7 Å². The van der Waals surface area contributed by atoms with Crippen molar-refractivity contribution in [3.63, 3.8) is 0 Å². The maximum absolute atomic E-state index is 12.0. The lowest BCUT2D eigenvalue weighted by Crippen LogP contribution is -2.30. The van der Waals surface area contributed by atoms with Crippen LogP contribution in [-0.4, -0.2) is 46.2 Å². The summed E-state index contributed by atoms with van der Waals surface area (Å²) in [6, 6.07) is 0. The van der Waals surface area contributed by atoms with Gasteiger partial charge in [0.1, 0.15) is 6.61 Å². The summed E-state index contributed by atoms with van der Waals surface area (Å²) in [5.41, 5.74) is 0. The molecule has 1 aliphatic rings. The van der Waals surface area contributed by atoms with Gasteiger partial charge in [0.2, 0.25) is 0 Å². The van der Waals surface area contributed by atoms with Crippen LogP contribution in [0.1, 0.15) is 38.5 Å². The maximum Gasteiger partial charge on any atom is 0.411 e. The number of methoxy groups -OCH3 is 1. The molecule has 6 heteroatoms. The Balaban J connectivity index is 2.18. The van der Waals surface area contributed by atoms with E-state index in [1.807, 2.05) is 0 Å². The van der Waals surface area contributed by atoms with Crippen molar-refractivity contribution < 1.29 is 22.6 Å². The van der Waals surface area contributed by atoms with Gasteiger partial charge < -0.3 is 14.8 Å². The summed E-state index contributed by atoms with van der Waals surface area (Å²) >= 11 is 0. The topological polar surface area (TPSA) is 30.5 Å². The second-order valence-corrected chi connectivity index (χ2v) is 5.81. The van der Waals surface area contributed by atoms with E-state index >= 15 is 0 Å². The lowest BCUT2D eigenvalue weighted by Gasteiger charge is -2.24. The molecule has 0 saturated heterocycles. The molecule has 0 amide bonds. The maximum atomic E-state index is 12.0. The van der Waals surface area contributed by atoms with E-state index in [0.717, 1.165) is 19.5 Å². The van der Waals surface area contributed by atoms with E-state index < -0.39 is 12.8 Å². The zero-order valence-corrected chi connectivity index (χ0v) is 12.9. The molecule has 0 spiro atoms. The summed E-state index contributed by atoms with van der Waals surface area (Å²) in [4.78, 5) is 0. The van der Waals surface area contributed by atoms with Crippen molar-refractivity contribution in [1.29, 1.82) is 0 Å². The lowest BCUT2D eigenvalue weighted by molar-refractivity contribution is -0.174. The van der Waals surface area contributed by atoms with Gasteiger partial charge in [0, 0.05) is 20.3 Å². The predicted molar refractivity (Wildman–Crippen MR) is 76.3 cm³/mol. The van der Waals surface area contributed by atoms with E-state index in [-0.39, 0.29) is 6.61 Å². The van der Waals surface area contributed by atoms with E-state index in [2.05, 4.69) is 10.1 Å². The third kappa shape index (κ3) is 9.32. The van der Waals surface area contributed by atoms with Gasteiger partial charge >= 0.3 is 6.18 Å². The van der Waals surface area contributed by atoms with Crippen molar-refractivity contribution in [3.8, 4) is 0 Å². The van der Waals surface area contributed by atoms with E-state index in [0.29, 0.717) is 24.9 Å². The van der Waals surface area contributed by atoms with Gasteiger partial charge in [-0.15, -0.1) is 0 Å². The highest BCUT2D eigenvalue weighted by Gasteiger charge is 2.27. The quantitative estimate of drug-likeness (QED) is 0.593. The highest BCUT2D eigenvalue weighted by atomic mass is 19.4. The van der Waals surface area contributed by atoms with Crippen LogP contribution in [0.2, 0.25) is 0 Å². The van der Waals surface area contributed by atoms with Crippen LogP contribution in [0.15, 0.2) is 0 Å². The number of alkyl halides is 3. The zero-order chi connectivity index (χ0) is 15.6. The van der Waals surface area contributed by atoms with E-state index in [9.17, 15) is 13.2 Å². The number of hydrogen-bond acceptors (Lipinski definition) is 3. The monoisotopic (exact) mass is 311 g/mol. The SMILES string of the molecule is COCCNCC(CCCOCC(F)(F)F)C1CCCC1. The van der Waals surface area contributed by atoms with Crippen molar-refractivity contribution in [1.82, 2.24) is 5.32 Å². The Bertz CT molecular complexity index is 256. The Morgan fingerprint density at radius 1 is 1.19 bits per heavy atom. The number of hydrogen-bond donors (Lipinski definition) is 1. The van der Waals surface area contributed by atoms with Gasteiger partial charge in [-0.05, 0) is 31.2 Å². The molecule has 1 N–H and O–H groups in total. The van der Waals surface area contributed by atoms with Crippen LogP contribution in [0.3, 0.4) is 0 Å². The molecule has 1 unspecified atom stereocenters. The second-order valence-electron chi connectivity index (χ2n) is 5.81. The third-order valence-electron chi connectivity index (χ3n) is 4.09. The molecule has 0 heterocycles. The number of nitrogens with one attached hydrogen (secondary N) is 1. The van der Waals surface area contributed by atoms with Gasteiger partial charge in [0.05, 0.1) is 6.61 Å². The minimum Gasteiger partial charge on any atom is -0.383 e. The Morgan fingerprint density at radius 2 is 1.90 bits per heavy atom. The van der Waals surface area contributed by atoms with Crippen LogP contribution in [0.5, 0.6) is 0 Å². The molecule has 3 nitrogen and oxygen atoms in total. The van der Waals surface area contributed by atoms with Crippen LogP contribution in [0, 0.1) is 11.8 Å². The van der Waals surface area contributed by atoms with Gasteiger partial charge in [0.15, 0.2) is 0 Å². The molecule has 1 fully saturated rings. The smallest absolute Gasteiger partial charge is 0.383 e. The average molecular weight is 311 g/mol. The fourth-order valence-electron chi connectivity index (χ4n) is 3.03. The van der Waals surface area contributed by atoms with Gasteiger partial charge in [-0.1, -0.05) is 25.7 Å². The van der Waals surface area contributed by atoms with Gasteiger partial charge in [-0.2, -0.15) is 13.2 Å². The summed E-state index contributed by atoms with van der Waals surface area (Å²) in [6.07, 6.45) is 2.48. The summed E-state index contributed by atoms with van der Waals surface area (Å²) in [7, 11) is 1.67. The Morgan fingerprint density at radius 3 is 2.52 bits per heavy atom. The van der Waals surface area contributed by atoms with Crippen molar-refractivity contribution in [2.24, 2.45) is 11.8 Å². The number of halogens is 3. The molecule has 0 bridgehead atoms. The molecule has 0 aliphatic heterocycles. The first kappa shape index (κ1) is 18.7. The molecular formula is C15H28F3NO2. The minimum atomic E-state index is -4.22. The molecule has 1 saturated carbocycles. The summed E-state index contributed by atoms with van der Waals surface area (Å²) in [5.74, 6) is 1.25. The highest BCUT2D eigenvalue weighted by molar-refractivity contribution is 4.77. The van der Waals surface area contributed by atoms with E-state index in [4.69, 9.17) is 4.74 Å². The Labute approximate surface area is 125 Å². The third-order valence-corrected chi connectivity index (χ3v) is 4.09. The standard InChI is InChI=1S/C15H28F3NO2/c1-20-10-8-19-11-14(13-5-2-3-6-13)7-4-9-21-12-15(16,17)18/h13-14,19H,2-12H2,1H3. The van der Waals surface area contributed by atoms with Crippen LogP contribution in [-0.2, 0) is 9.47 Å². The second kappa shape index (κ2) is 10.4. The van der Waals surface area contributed by atoms with Crippen molar-refractivity contribution in [2.75, 3.05) is 40.0 Å². The van der Waals surface area contributed by atoms with Crippen LogP contribution in [0.25, 0.3) is 0 Å². The molecule has 1 rings (SSSR count). The van der Waals surface area contributed by atoms with Gasteiger partial charge in [-0.25, -0.2) is 0 Å². The summed E-state index contributed by atoms with van der Waals surface area (Å²) in [5, 5.41) is 3.38. The largest absolute Gasteiger partial charge is 0.411 e. The molecular weight excluding hydrogens is 283 g/mol. The molecule has 0 radical (unpaired) electrons. The van der Waals surface area contributed by atoms with Crippen LogP contribution < -0.4 is 5.32 Å². The van der Waals surface area contributed by atoms with Crippen LogP contribution in [0.4, 0.5) is 13.2 Å². The average Bonchev–Trinajstić information content (AvgIpc) is 2.93.